The number of carboxylic acid groups (broad SMARTS) is 1. The molecule has 0 aliphatic carbocycles. The molecule has 25 heavy (non-hydrogen) atoms. The third kappa shape index (κ3) is 3.56. The van der Waals surface area contributed by atoms with Crippen molar-refractivity contribution >= 4 is 29.1 Å². The summed E-state index contributed by atoms with van der Waals surface area (Å²) >= 11 is 1.58. The number of aliphatic carboxylic acids is 1. The summed E-state index contributed by atoms with van der Waals surface area (Å²) in [6.45, 7) is 5.37. The molecule has 0 aromatic carbocycles. The van der Waals surface area contributed by atoms with E-state index in [1.54, 1.807) is 18.3 Å². The monoisotopic (exact) mass is 364 g/mol. The zero-order chi connectivity index (χ0) is 18.2. The second kappa shape index (κ2) is 6.78. The van der Waals surface area contributed by atoms with Crippen molar-refractivity contribution in [3.05, 3.63) is 21.9 Å². The molecule has 1 atom stereocenters. The van der Waals surface area contributed by atoms with Crippen molar-refractivity contribution in [2.75, 3.05) is 19.6 Å². The van der Waals surface area contributed by atoms with Gasteiger partial charge in [0.05, 0.1) is 5.56 Å². The van der Waals surface area contributed by atoms with Crippen LogP contribution in [0, 0.1) is 12.3 Å². The van der Waals surface area contributed by atoms with Gasteiger partial charge >= 0.3 is 5.97 Å². The smallest absolute Gasteiger partial charge is 0.326 e. The van der Waals surface area contributed by atoms with Crippen LogP contribution in [0.25, 0.3) is 0 Å². The number of piperidine rings is 2. The molecule has 2 aliphatic rings. The Bertz CT molecular complexity index is 691. The third-order valence-corrected chi connectivity index (χ3v) is 6.47. The van der Waals surface area contributed by atoms with Crippen LogP contribution in [0.5, 0.6) is 0 Å². The Hall–Kier alpha value is -1.89. The quantitative estimate of drug-likeness (QED) is 0.893. The SMILES string of the molecule is Cc1cc(C(=O)N2CCC3(CCC(=O)N([C@@H](C)C(=O)O)C3)CC2)cs1. The normalized spacial score (nSPS) is 21.4. The second-order valence-electron chi connectivity index (χ2n) is 7.27. The van der Waals surface area contributed by atoms with Crippen LogP contribution < -0.4 is 0 Å². The van der Waals surface area contributed by atoms with Crippen molar-refractivity contribution in [2.24, 2.45) is 5.41 Å². The lowest BCUT2D eigenvalue weighted by Gasteiger charge is -2.48. The molecule has 1 N–H and O–H groups in total. The molecule has 6 nitrogen and oxygen atoms in total. The van der Waals surface area contributed by atoms with Crippen molar-refractivity contribution in [1.29, 1.82) is 0 Å². The lowest BCUT2D eigenvalue weighted by molar-refractivity contribution is -0.154. The largest absolute Gasteiger partial charge is 0.480 e. The molecule has 136 valence electrons. The Morgan fingerprint density at radius 1 is 1.28 bits per heavy atom. The number of aryl methyl sites for hydroxylation is 1. The van der Waals surface area contributed by atoms with Crippen LogP contribution >= 0.6 is 11.3 Å². The van der Waals surface area contributed by atoms with Crippen LogP contribution in [0.15, 0.2) is 11.4 Å². The highest BCUT2D eigenvalue weighted by atomic mass is 32.1. The van der Waals surface area contributed by atoms with Crippen molar-refractivity contribution in [2.45, 2.75) is 45.6 Å². The molecule has 1 aromatic heterocycles. The van der Waals surface area contributed by atoms with Gasteiger partial charge in [0, 0.05) is 36.3 Å². The number of rotatable bonds is 3. The third-order valence-electron chi connectivity index (χ3n) is 5.61. The maximum absolute atomic E-state index is 12.6. The molecular formula is C18H24N2O4S. The summed E-state index contributed by atoms with van der Waals surface area (Å²) in [6, 6.07) is 1.13. The van der Waals surface area contributed by atoms with Crippen molar-refractivity contribution in [3.63, 3.8) is 0 Å². The Labute approximate surface area is 151 Å². The molecule has 0 unspecified atom stereocenters. The molecule has 3 heterocycles. The lowest BCUT2D eigenvalue weighted by Crippen LogP contribution is -2.55. The predicted molar refractivity (Wildman–Crippen MR) is 94.7 cm³/mol. The zero-order valence-corrected chi connectivity index (χ0v) is 15.5. The van der Waals surface area contributed by atoms with Gasteiger partial charge in [0.1, 0.15) is 6.04 Å². The zero-order valence-electron chi connectivity index (χ0n) is 14.7. The second-order valence-corrected chi connectivity index (χ2v) is 8.39. The van der Waals surface area contributed by atoms with Gasteiger partial charge in [0.15, 0.2) is 0 Å². The molecule has 3 rings (SSSR count). The highest BCUT2D eigenvalue weighted by Crippen LogP contribution is 2.41. The fraction of sp³-hybridized carbons (Fsp3) is 0.611. The standard InChI is InChI=1S/C18H24N2O4S/c1-12-9-14(10-25-12)16(22)19-7-5-18(6-8-19)4-3-15(21)20(11-18)13(2)17(23)24/h9-10,13H,3-8,11H2,1-2H3,(H,23,24)/t13-/m0/s1. The van der Waals surface area contributed by atoms with Crippen LogP contribution in [0.3, 0.4) is 0 Å². The van der Waals surface area contributed by atoms with Gasteiger partial charge in [-0.25, -0.2) is 4.79 Å². The molecule has 0 bridgehead atoms. The number of nitrogens with zero attached hydrogens (tertiary/aromatic N) is 2. The minimum atomic E-state index is -0.967. The van der Waals surface area contributed by atoms with E-state index in [9.17, 15) is 19.5 Å². The van der Waals surface area contributed by atoms with E-state index in [2.05, 4.69) is 0 Å². The van der Waals surface area contributed by atoms with Gasteiger partial charge in [-0.2, -0.15) is 0 Å². The average molecular weight is 364 g/mol. The van der Waals surface area contributed by atoms with E-state index in [1.807, 2.05) is 23.3 Å². The Kier molecular flexibility index (Phi) is 4.86. The summed E-state index contributed by atoms with van der Waals surface area (Å²) in [4.78, 5) is 40.5. The summed E-state index contributed by atoms with van der Waals surface area (Å²) in [5.41, 5.74) is 0.692. The first-order chi connectivity index (χ1) is 11.8. The average Bonchev–Trinajstić information content (AvgIpc) is 3.03. The van der Waals surface area contributed by atoms with Crippen LogP contribution in [0.2, 0.25) is 0 Å². The van der Waals surface area contributed by atoms with Crippen LogP contribution in [-0.4, -0.2) is 58.4 Å². The van der Waals surface area contributed by atoms with Gasteiger partial charge in [0.2, 0.25) is 5.91 Å². The van der Waals surface area contributed by atoms with Crippen molar-refractivity contribution in [3.8, 4) is 0 Å². The van der Waals surface area contributed by atoms with E-state index in [0.29, 0.717) is 26.1 Å². The molecule has 2 fully saturated rings. The first-order valence-electron chi connectivity index (χ1n) is 8.68. The highest BCUT2D eigenvalue weighted by molar-refractivity contribution is 7.10. The first-order valence-corrected chi connectivity index (χ1v) is 9.56. The minimum Gasteiger partial charge on any atom is -0.480 e. The predicted octanol–water partition coefficient (Wildman–Crippen LogP) is 2.37. The number of thiophene rings is 1. The van der Waals surface area contributed by atoms with Gasteiger partial charge in [0.25, 0.3) is 5.91 Å². The lowest BCUT2D eigenvalue weighted by atomic mass is 9.72. The molecule has 2 aliphatic heterocycles. The Morgan fingerprint density at radius 2 is 1.96 bits per heavy atom. The molecule has 1 aromatic rings. The molecule has 1 spiro atoms. The fourth-order valence-corrected chi connectivity index (χ4v) is 4.54. The maximum Gasteiger partial charge on any atom is 0.326 e. The number of hydrogen-bond donors (Lipinski definition) is 1. The molecule has 2 amide bonds. The van der Waals surface area contributed by atoms with E-state index in [4.69, 9.17) is 0 Å². The Balaban J connectivity index is 1.65. The van der Waals surface area contributed by atoms with Gasteiger partial charge in [-0.3, -0.25) is 9.59 Å². The number of amides is 2. The number of carbonyl (C=O) groups excluding carboxylic acids is 2. The molecule has 7 heteroatoms. The molecule has 2 saturated heterocycles. The van der Waals surface area contributed by atoms with Gasteiger partial charge in [-0.15, -0.1) is 11.3 Å². The van der Waals surface area contributed by atoms with Gasteiger partial charge in [-0.05, 0) is 44.6 Å². The topological polar surface area (TPSA) is 77.9 Å². The highest BCUT2D eigenvalue weighted by Gasteiger charge is 2.43. The van der Waals surface area contributed by atoms with Crippen LogP contribution in [0.1, 0.15) is 47.8 Å². The van der Waals surface area contributed by atoms with E-state index in [-0.39, 0.29) is 17.2 Å². The van der Waals surface area contributed by atoms with Gasteiger partial charge < -0.3 is 14.9 Å². The number of carboxylic acids is 1. The van der Waals surface area contributed by atoms with E-state index in [0.717, 1.165) is 29.7 Å². The van der Waals surface area contributed by atoms with Crippen LogP contribution in [0.4, 0.5) is 0 Å². The maximum atomic E-state index is 12.6. The number of carbonyl (C=O) groups is 3. The Morgan fingerprint density at radius 3 is 2.52 bits per heavy atom. The molecule has 0 saturated carbocycles. The van der Waals surface area contributed by atoms with E-state index >= 15 is 0 Å². The van der Waals surface area contributed by atoms with E-state index in [1.165, 1.54) is 4.90 Å². The van der Waals surface area contributed by atoms with Crippen LogP contribution in [-0.2, 0) is 9.59 Å². The van der Waals surface area contributed by atoms with Crippen molar-refractivity contribution < 1.29 is 19.5 Å². The number of likely N-dealkylation sites (tertiary alicyclic amines) is 2. The summed E-state index contributed by atoms with van der Waals surface area (Å²) < 4.78 is 0. The summed E-state index contributed by atoms with van der Waals surface area (Å²) in [7, 11) is 0. The van der Waals surface area contributed by atoms with E-state index < -0.39 is 12.0 Å². The van der Waals surface area contributed by atoms with Gasteiger partial charge in [-0.1, -0.05) is 0 Å². The molecule has 0 radical (unpaired) electrons. The minimum absolute atomic E-state index is 0.0566. The summed E-state index contributed by atoms with van der Waals surface area (Å²) in [5.74, 6) is -0.972. The summed E-state index contributed by atoms with van der Waals surface area (Å²) in [5, 5.41) is 11.1. The van der Waals surface area contributed by atoms with Crippen molar-refractivity contribution in [1.82, 2.24) is 9.80 Å². The number of hydrogen-bond acceptors (Lipinski definition) is 4. The fourth-order valence-electron chi connectivity index (χ4n) is 3.86. The molecular weight excluding hydrogens is 340 g/mol. The summed E-state index contributed by atoms with van der Waals surface area (Å²) in [6.07, 6.45) is 2.82. The first kappa shape index (κ1) is 17.9.